The van der Waals surface area contributed by atoms with Crippen LogP contribution in [0, 0.1) is 11.2 Å². The summed E-state index contributed by atoms with van der Waals surface area (Å²) in [6.07, 6.45) is 2.51. The average Bonchev–Trinajstić information content (AvgIpc) is 3.25. The maximum absolute atomic E-state index is 14.2. The minimum atomic E-state index is -0.947. The number of hydrogen-bond acceptors (Lipinski definition) is 7. The molecule has 3 aliphatic heterocycles. The summed E-state index contributed by atoms with van der Waals surface area (Å²) in [7, 11) is 0. The van der Waals surface area contributed by atoms with Crippen LogP contribution in [0.2, 0.25) is 0 Å². The summed E-state index contributed by atoms with van der Waals surface area (Å²) >= 11 is 5.88. The first-order chi connectivity index (χ1) is 17.2. The second-order valence-corrected chi connectivity index (χ2v) is 9.59. The minimum absolute atomic E-state index is 0.0174. The summed E-state index contributed by atoms with van der Waals surface area (Å²) < 4.78 is 33.4. The van der Waals surface area contributed by atoms with Crippen molar-refractivity contribution in [1.82, 2.24) is 15.1 Å². The lowest BCUT2D eigenvalue weighted by molar-refractivity contribution is -0.0855. The molecule has 0 bridgehead atoms. The molecule has 1 aromatic rings. The third kappa shape index (κ3) is 5.30. The van der Waals surface area contributed by atoms with Crippen molar-refractivity contribution in [3.63, 3.8) is 0 Å². The number of allylic oxidation sites excluding steroid dienone is 1. The number of benzene rings is 1. The van der Waals surface area contributed by atoms with Crippen LogP contribution in [-0.2, 0) is 0 Å². The number of alkyl halides is 1. The highest BCUT2D eigenvalue weighted by atomic mass is 35.5. The number of aliphatic hydroxyl groups is 1. The first-order valence-corrected chi connectivity index (χ1v) is 12.3. The third-order valence-corrected chi connectivity index (χ3v) is 7.14. The van der Waals surface area contributed by atoms with Crippen LogP contribution in [0.25, 0.3) is 0 Å². The van der Waals surface area contributed by atoms with Gasteiger partial charge in [-0.25, -0.2) is 13.8 Å². The molecule has 11 heteroatoms. The quantitative estimate of drug-likeness (QED) is 0.533. The Labute approximate surface area is 213 Å². The molecular weight excluding hydrogens is 492 g/mol. The van der Waals surface area contributed by atoms with Gasteiger partial charge in [-0.1, -0.05) is 18.5 Å². The van der Waals surface area contributed by atoms with E-state index in [0.29, 0.717) is 22.8 Å². The second-order valence-electron chi connectivity index (χ2n) is 9.15. The zero-order chi connectivity index (χ0) is 26.0. The van der Waals surface area contributed by atoms with E-state index in [1.54, 1.807) is 6.20 Å². The molecule has 1 amide bonds. The van der Waals surface area contributed by atoms with Crippen molar-refractivity contribution in [2.75, 3.05) is 26.3 Å². The maximum atomic E-state index is 14.2. The number of aliphatic hydroxyl groups excluding tert-OH is 1. The molecule has 0 aromatic heterocycles. The van der Waals surface area contributed by atoms with E-state index in [-0.39, 0.29) is 48.7 Å². The Kier molecular flexibility index (Phi) is 8.07. The molecule has 194 valence electrons. The number of piperidine rings is 1. The third-order valence-electron chi connectivity index (χ3n) is 6.94. The molecule has 4 unspecified atom stereocenters. The van der Waals surface area contributed by atoms with Crippen LogP contribution in [0.15, 0.2) is 45.8 Å². The number of nitrogens with zero attached hydrogens (tertiary/aromatic N) is 3. The fourth-order valence-corrected chi connectivity index (χ4v) is 5.09. The van der Waals surface area contributed by atoms with E-state index in [0.717, 1.165) is 12.5 Å². The van der Waals surface area contributed by atoms with Gasteiger partial charge in [0.15, 0.2) is 0 Å². The van der Waals surface area contributed by atoms with Gasteiger partial charge in [-0.05, 0) is 25.5 Å². The lowest BCUT2D eigenvalue weighted by Crippen LogP contribution is -2.59. The molecule has 3 aliphatic rings. The monoisotopic (exact) mass is 521 g/mol. The van der Waals surface area contributed by atoms with Crippen LogP contribution in [0.3, 0.4) is 0 Å². The van der Waals surface area contributed by atoms with Crippen molar-refractivity contribution in [2.45, 2.75) is 51.0 Å². The molecule has 4 rings (SSSR count). The van der Waals surface area contributed by atoms with Crippen LogP contribution in [-0.4, -0.2) is 83.3 Å². The van der Waals surface area contributed by atoms with Gasteiger partial charge in [-0.15, -0.1) is 0 Å². The molecule has 0 saturated carbocycles. The van der Waals surface area contributed by atoms with Crippen molar-refractivity contribution in [3.05, 3.63) is 52.2 Å². The molecule has 36 heavy (non-hydrogen) atoms. The Balaban J connectivity index is 1.55. The van der Waals surface area contributed by atoms with Gasteiger partial charge in [0.25, 0.3) is 5.91 Å². The average molecular weight is 522 g/mol. The van der Waals surface area contributed by atoms with Crippen molar-refractivity contribution >= 4 is 29.4 Å². The van der Waals surface area contributed by atoms with Crippen molar-refractivity contribution in [3.8, 4) is 5.75 Å². The fraction of sp³-hybridized carbons (Fsp3) is 0.480. The Morgan fingerprint density at radius 2 is 2.17 bits per heavy atom. The Morgan fingerprint density at radius 1 is 1.39 bits per heavy atom. The summed E-state index contributed by atoms with van der Waals surface area (Å²) in [5.41, 5.74) is 0.923. The molecule has 4 atom stereocenters. The number of nitrogens with one attached hydrogen (secondary N) is 2. The zero-order valence-corrected chi connectivity index (χ0v) is 20.9. The smallest absolute Gasteiger partial charge is 0.258 e. The van der Waals surface area contributed by atoms with Gasteiger partial charge in [0, 0.05) is 49.1 Å². The predicted octanol–water partition coefficient (Wildman–Crippen LogP) is 3.22. The van der Waals surface area contributed by atoms with E-state index in [9.17, 15) is 18.7 Å². The van der Waals surface area contributed by atoms with E-state index in [2.05, 4.69) is 10.3 Å². The van der Waals surface area contributed by atoms with Gasteiger partial charge in [0.2, 0.25) is 0 Å². The molecule has 8 nitrogen and oxygen atoms in total. The highest BCUT2D eigenvalue weighted by molar-refractivity contribution is 6.39. The van der Waals surface area contributed by atoms with Gasteiger partial charge >= 0.3 is 0 Å². The maximum Gasteiger partial charge on any atom is 0.258 e. The van der Waals surface area contributed by atoms with Gasteiger partial charge < -0.3 is 25.5 Å². The number of rotatable bonds is 6. The van der Waals surface area contributed by atoms with Crippen LogP contribution < -0.4 is 10.1 Å². The normalized spacial score (nSPS) is 28.8. The number of carbonyl (C=O) groups excluding carboxylic acids is 1. The summed E-state index contributed by atoms with van der Waals surface area (Å²) in [4.78, 5) is 21.0. The van der Waals surface area contributed by atoms with Crippen LogP contribution in [0.5, 0.6) is 5.75 Å². The summed E-state index contributed by atoms with van der Waals surface area (Å²) in [6.45, 7) is 3.69. The molecule has 2 fully saturated rings. The summed E-state index contributed by atoms with van der Waals surface area (Å²) in [5, 5.41) is 22.6. The van der Waals surface area contributed by atoms with E-state index < -0.39 is 30.6 Å². The number of hydrogen-bond donors (Lipinski definition) is 3. The van der Waals surface area contributed by atoms with Gasteiger partial charge in [0.05, 0.1) is 29.4 Å². The Bertz CT molecular complexity index is 1120. The highest BCUT2D eigenvalue weighted by Gasteiger charge is 2.41. The molecule has 3 N–H and O–H groups in total. The topological polar surface area (TPSA) is 101 Å². The predicted molar refractivity (Wildman–Crippen MR) is 134 cm³/mol. The number of aliphatic imine (C=N–C) groups is 1. The molecular formula is C25H30ClF2N5O3. The molecule has 0 aliphatic carbocycles. The standard InChI is InChI=1S/C25H30ClF2N5O3/c1-3-17-9-22(23(34)14(2)33(17)7-6-27)36-21-8-16(28)4-5-18(21)25(35)32-12-19(20(29)13-32)24-30-10-15(26)11-31-24/h4-5,8,10-11,14,17,22-23,29-30,34H,3,6-7,9,12-13H2,1-2H3/b24-19+,29-20?. The number of likely N-dealkylation sites (tertiary alicyclic amines) is 2. The fourth-order valence-electron chi connectivity index (χ4n) is 4.98. The second kappa shape index (κ2) is 11.1. The van der Waals surface area contributed by atoms with E-state index in [4.69, 9.17) is 21.7 Å². The van der Waals surface area contributed by atoms with Crippen LogP contribution >= 0.6 is 11.6 Å². The summed E-state index contributed by atoms with van der Waals surface area (Å²) in [5.74, 6) is -0.533. The van der Waals surface area contributed by atoms with E-state index in [1.165, 1.54) is 23.2 Å². The van der Waals surface area contributed by atoms with Crippen molar-refractivity contribution in [2.24, 2.45) is 4.99 Å². The number of carbonyl (C=O) groups is 1. The first-order valence-electron chi connectivity index (χ1n) is 12.0. The number of ether oxygens (including phenoxy) is 1. The van der Waals surface area contributed by atoms with Gasteiger partial charge in [-0.2, -0.15) is 0 Å². The van der Waals surface area contributed by atoms with Gasteiger partial charge in [-0.3, -0.25) is 9.69 Å². The molecule has 1 aromatic carbocycles. The minimum Gasteiger partial charge on any atom is -0.487 e. The van der Waals surface area contributed by atoms with E-state index >= 15 is 0 Å². The van der Waals surface area contributed by atoms with Crippen molar-refractivity contribution in [1.29, 1.82) is 5.41 Å². The molecule has 0 radical (unpaired) electrons. The largest absolute Gasteiger partial charge is 0.487 e. The van der Waals surface area contributed by atoms with Crippen LogP contribution in [0.4, 0.5) is 8.78 Å². The molecule has 2 saturated heterocycles. The Hall–Kier alpha value is -2.82. The Morgan fingerprint density at radius 3 is 2.83 bits per heavy atom. The summed E-state index contributed by atoms with van der Waals surface area (Å²) in [6, 6.07) is 3.29. The first kappa shape index (κ1) is 26.2. The lowest BCUT2D eigenvalue weighted by Gasteiger charge is -2.46. The zero-order valence-electron chi connectivity index (χ0n) is 20.2. The number of halogens is 3. The number of amides is 1. The molecule has 3 heterocycles. The SMILES string of the molecule is CCC1CC(Oc2cc(F)ccc2C(=O)N2CC(=N)/C(=C3/N=CC(Cl)=CN3)C2)C(O)C(C)N1CCF. The van der Waals surface area contributed by atoms with E-state index in [1.807, 2.05) is 18.7 Å². The van der Waals surface area contributed by atoms with Crippen LogP contribution in [0.1, 0.15) is 37.0 Å². The van der Waals surface area contributed by atoms with Crippen molar-refractivity contribution < 1.29 is 23.4 Å². The molecule has 0 spiro atoms. The highest BCUT2D eigenvalue weighted by Crippen LogP contribution is 2.32. The lowest BCUT2D eigenvalue weighted by atomic mass is 9.89. The van der Waals surface area contributed by atoms with Gasteiger partial charge in [0.1, 0.15) is 36.3 Å².